The number of allylic oxidation sites excluding steroid dienone is 4. The Hall–Kier alpha value is -1.66. The third-order valence-electron chi connectivity index (χ3n) is 3.10. The van der Waals surface area contributed by atoms with Gasteiger partial charge in [-0.25, -0.2) is 4.79 Å². The zero-order valence-electron chi connectivity index (χ0n) is 14.3. The number of carbonyl (C=O) groups is 2. The highest BCUT2D eigenvalue weighted by molar-refractivity contribution is 6.40. The van der Waals surface area contributed by atoms with Gasteiger partial charge in [0, 0.05) is 21.5 Å². The molecule has 0 saturated heterocycles. The summed E-state index contributed by atoms with van der Waals surface area (Å²) in [4.78, 5) is 23.3. The summed E-state index contributed by atoms with van der Waals surface area (Å²) in [5.41, 5.74) is 0.446. The van der Waals surface area contributed by atoms with Crippen LogP contribution in [-0.2, 0) is 9.59 Å². The highest BCUT2D eigenvalue weighted by Gasteiger charge is 2.20. The van der Waals surface area contributed by atoms with E-state index in [9.17, 15) is 14.7 Å². The van der Waals surface area contributed by atoms with Gasteiger partial charge in [-0.15, -0.1) is 0 Å². The fourth-order valence-corrected chi connectivity index (χ4v) is 2.46. The molecular formula is C18H17Cl4NO4. The van der Waals surface area contributed by atoms with Crippen molar-refractivity contribution in [2.75, 3.05) is 6.61 Å². The van der Waals surface area contributed by atoms with Crippen molar-refractivity contribution in [2.24, 2.45) is 0 Å². The van der Waals surface area contributed by atoms with Crippen molar-refractivity contribution >= 4 is 58.3 Å². The molecule has 0 aromatic heterocycles. The summed E-state index contributed by atoms with van der Waals surface area (Å²) in [5, 5.41) is 13.0. The molecule has 146 valence electrons. The van der Waals surface area contributed by atoms with Gasteiger partial charge in [-0.1, -0.05) is 64.6 Å². The lowest BCUT2D eigenvalue weighted by molar-refractivity contribution is -0.142. The third-order valence-corrected chi connectivity index (χ3v) is 4.25. The summed E-state index contributed by atoms with van der Waals surface area (Å²) >= 11 is 23.3. The standard InChI is InChI=1S/C18H17Cl4NO4/c1-10(3-4-15(22)11(2)19)5-16(18(25)26)23-17(24)9-27-14-7-12(20)6-13(21)8-14/h3-4,6-8,16H,1,5,9H2,2H3,(H,23,24)(H,25,26)/b4-3-,15-11-/t16-/m0/s1. The normalized spacial score (nSPS) is 13.1. The van der Waals surface area contributed by atoms with E-state index >= 15 is 0 Å². The average molecular weight is 453 g/mol. The van der Waals surface area contributed by atoms with Crippen LogP contribution in [0.15, 0.2) is 52.6 Å². The Morgan fingerprint density at radius 2 is 1.81 bits per heavy atom. The first-order chi connectivity index (χ1) is 12.6. The topological polar surface area (TPSA) is 75.6 Å². The second kappa shape index (κ2) is 11.2. The van der Waals surface area contributed by atoms with Crippen LogP contribution in [0.4, 0.5) is 0 Å². The molecule has 0 fully saturated rings. The van der Waals surface area contributed by atoms with Crippen LogP contribution < -0.4 is 10.1 Å². The molecule has 0 radical (unpaired) electrons. The van der Waals surface area contributed by atoms with Crippen molar-refractivity contribution in [3.05, 3.63) is 62.6 Å². The summed E-state index contributed by atoms with van der Waals surface area (Å²) in [6, 6.07) is 3.31. The van der Waals surface area contributed by atoms with Gasteiger partial charge in [0.05, 0.1) is 5.03 Å². The molecular weight excluding hydrogens is 436 g/mol. The molecule has 0 aliphatic carbocycles. The molecule has 1 atom stereocenters. The lowest BCUT2D eigenvalue weighted by Gasteiger charge is -2.15. The van der Waals surface area contributed by atoms with E-state index in [-0.39, 0.29) is 6.42 Å². The van der Waals surface area contributed by atoms with E-state index in [1.165, 1.54) is 30.4 Å². The summed E-state index contributed by atoms with van der Waals surface area (Å²) in [5.74, 6) is -1.54. The second-order valence-electron chi connectivity index (χ2n) is 5.43. The third kappa shape index (κ3) is 9.20. The van der Waals surface area contributed by atoms with E-state index < -0.39 is 24.5 Å². The van der Waals surface area contributed by atoms with Crippen LogP contribution in [0.2, 0.25) is 10.0 Å². The number of benzene rings is 1. The summed E-state index contributed by atoms with van der Waals surface area (Å²) in [6.07, 6.45) is 3.01. The molecule has 9 heteroatoms. The highest BCUT2D eigenvalue weighted by atomic mass is 35.5. The number of amides is 1. The van der Waals surface area contributed by atoms with Gasteiger partial charge < -0.3 is 15.2 Å². The van der Waals surface area contributed by atoms with E-state index in [1.54, 1.807) is 6.92 Å². The second-order valence-corrected chi connectivity index (χ2v) is 7.28. The van der Waals surface area contributed by atoms with Gasteiger partial charge in [0.2, 0.25) is 0 Å². The first-order valence-corrected chi connectivity index (χ1v) is 9.08. The highest BCUT2D eigenvalue weighted by Crippen LogP contribution is 2.24. The molecule has 1 rings (SSSR count). The summed E-state index contributed by atoms with van der Waals surface area (Å²) < 4.78 is 5.27. The molecule has 0 spiro atoms. The van der Waals surface area contributed by atoms with Crippen molar-refractivity contribution in [1.29, 1.82) is 0 Å². The fraction of sp³-hybridized carbons (Fsp3) is 0.222. The Balaban J connectivity index is 2.63. The van der Waals surface area contributed by atoms with Gasteiger partial charge in [-0.2, -0.15) is 0 Å². The van der Waals surface area contributed by atoms with E-state index in [0.29, 0.717) is 31.4 Å². The van der Waals surface area contributed by atoms with Crippen LogP contribution in [0.1, 0.15) is 13.3 Å². The number of ether oxygens (including phenoxy) is 1. The minimum Gasteiger partial charge on any atom is -0.484 e. The molecule has 0 heterocycles. The van der Waals surface area contributed by atoms with Crippen molar-refractivity contribution in [2.45, 2.75) is 19.4 Å². The molecule has 0 saturated carbocycles. The molecule has 0 aliphatic heterocycles. The summed E-state index contributed by atoms with van der Waals surface area (Å²) in [7, 11) is 0. The van der Waals surface area contributed by atoms with Gasteiger partial charge in [0.25, 0.3) is 5.91 Å². The predicted molar refractivity (Wildman–Crippen MR) is 109 cm³/mol. The van der Waals surface area contributed by atoms with Crippen LogP contribution in [-0.4, -0.2) is 29.6 Å². The minimum atomic E-state index is -1.21. The molecule has 0 unspecified atom stereocenters. The number of hydrogen-bond acceptors (Lipinski definition) is 3. The van der Waals surface area contributed by atoms with Crippen molar-refractivity contribution < 1.29 is 19.4 Å². The Labute approximate surface area is 177 Å². The zero-order valence-corrected chi connectivity index (χ0v) is 17.3. The Kier molecular flexibility index (Phi) is 9.74. The fourth-order valence-electron chi connectivity index (χ4n) is 1.83. The van der Waals surface area contributed by atoms with E-state index in [2.05, 4.69) is 11.9 Å². The Bertz CT molecular complexity index is 765. The van der Waals surface area contributed by atoms with E-state index in [4.69, 9.17) is 51.1 Å². The summed E-state index contributed by atoms with van der Waals surface area (Å²) in [6.45, 7) is 4.96. The van der Waals surface area contributed by atoms with Crippen LogP contribution in [0.3, 0.4) is 0 Å². The minimum absolute atomic E-state index is 0.0218. The number of halogens is 4. The van der Waals surface area contributed by atoms with Crippen molar-refractivity contribution in [1.82, 2.24) is 5.32 Å². The van der Waals surface area contributed by atoms with Crippen LogP contribution >= 0.6 is 46.4 Å². The monoisotopic (exact) mass is 451 g/mol. The van der Waals surface area contributed by atoms with Gasteiger partial charge >= 0.3 is 5.97 Å². The quantitative estimate of drug-likeness (QED) is 0.507. The Morgan fingerprint density at radius 3 is 2.33 bits per heavy atom. The number of hydrogen-bond donors (Lipinski definition) is 2. The smallest absolute Gasteiger partial charge is 0.326 e. The largest absolute Gasteiger partial charge is 0.484 e. The van der Waals surface area contributed by atoms with Crippen molar-refractivity contribution in [3.8, 4) is 5.75 Å². The van der Waals surface area contributed by atoms with Gasteiger partial charge in [0.15, 0.2) is 6.61 Å². The number of carbonyl (C=O) groups excluding carboxylic acids is 1. The maximum atomic E-state index is 12.0. The van der Waals surface area contributed by atoms with Gasteiger partial charge in [0.1, 0.15) is 11.8 Å². The number of nitrogens with one attached hydrogen (secondary N) is 1. The molecule has 0 aliphatic rings. The number of rotatable bonds is 9. The molecule has 0 bridgehead atoms. The lowest BCUT2D eigenvalue weighted by atomic mass is 10.1. The SMILES string of the molecule is C=C(/C=C\C(Cl)=C(/C)Cl)C[C@H](NC(=O)COc1cc(Cl)cc(Cl)c1)C(=O)O. The number of carboxylic acids is 1. The van der Waals surface area contributed by atoms with Crippen LogP contribution in [0.5, 0.6) is 5.75 Å². The maximum Gasteiger partial charge on any atom is 0.326 e. The van der Waals surface area contributed by atoms with E-state index in [1.807, 2.05) is 0 Å². The van der Waals surface area contributed by atoms with E-state index in [0.717, 1.165) is 0 Å². The molecule has 1 aromatic rings. The number of carboxylic acid groups (broad SMARTS) is 1. The maximum absolute atomic E-state index is 12.0. The average Bonchev–Trinajstić information content (AvgIpc) is 2.56. The van der Waals surface area contributed by atoms with Crippen molar-refractivity contribution in [3.63, 3.8) is 0 Å². The lowest BCUT2D eigenvalue weighted by Crippen LogP contribution is -2.43. The first-order valence-electron chi connectivity index (χ1n) is 7.57. The zero-order chi connectivity index (χ0) is 20.6. The van der Waals surface area contributed by atoms with Crippen LogP contribution in [0, 0.1) is 0 Å². The predicted octanol–water partition coefficient (Wildman–Crippen LogP) is 5.15. The van der Waals surface area contributed by atoms with Gasteiger partial charge in [-0.05, 0) is 31.2 Å². The van der Waals surface area contributed by atoms with Crippen LogP contribution in [0.25, 0.3) is 0 Å². The molecule has 1 aromatic carbocycles. The molecule has 27 heavy (non-hydrogen) atoms. The molecule has 2 N–H and O–H groups in total. The van der Waals surface area contributed by atoms with Gasteiger partial charge in [-0.3, -0.25) is 4.79 Å². The Morgan fingerprint density at radius 1 is 1.22 bits per heavy atom. The number of aliphatic carboxylic acids is 1. The molecule has 1 amide bonds. The first kappa shape index (κ1) is 23.4. The molecule has 5 nitrogen and oxygen atoms in total.